The molecule has 0 bridgehead atoms. The molecule has 0 fully saturated rings. The van der Waals surface area contributed by atoms with Crippen molar-refractivity contribution in [3.63, 3.8) is 0 Å². The maximum atomic E-state index is 14.0. The highest BCUT2D eigenvalue weighted by Crippen LogP contribution is 2.37. The van der Waals surface area contributed by atoms with Crippen LogP contribution in [-0.4, -0.2) is 32.7 Å². The highest BCUT2D eigenvalue weighted by Gasteiger charge is 2.37. The molecule has 0 saturated carbocycles. The minimum Gasteiger partial charge on any atom is -0.284 e. The zero-order valence-electron chi connectivity index (χ0n) is 17.7. The average Bonchev–Trinajstić information content (AvgIpc) is 3.26. The molecule has 0 saturated heterocycles. The first kappa shape index (κ1) is 22.9. The standard InChI is InChI=1S/C23H22FN3O4S2/c1-2-32(28,29)26-20-11-7-8-17(15-20)22-16-23(18-9-6-10-19(24)14-18)27(25-22)33(30,31)21-12-4-3-5-13-21/h3-15,23,26H,2,16H2,1H3/t23-/m0/s1. The van der Waals surface area contributed by atoms with Gasteiger partial charge in [0.15, 0.2) is 0 Å². The van der Waals surface area contributed by atoms with Crippen molar-refractivity contribution in [2.75, 3.05) is 10.5 Å². The summed E-state index contributed by atoms with van der Waals surface area (Å²) < 4.78 is 68.2. The van der Waals surface area contributed by atoms with Crippen LogP contribution in [0.2, 0.25) is 0 Å². The Morgan fingerprint density at radius 3 is 2.39 bits per heavy atom. The second-order valence-electron chi connectivity index (χ2n) is 7.50. The van der Waals surface area contributed by atoms with Gasteiger partial charge < -0.3 is 0 Å². The number of halogens is 1. The van der Waals surface area contributed by atoms with Gasteiger partial charge >= 0.3 is 0 Å². The monoisotopic (exact) mass is 487 g/mol. The number of hydrogen-bond acceptors (Lipinski definition) is 5. The molecule has 1 aliphatic heterocycles. The fourth-order valence-corrected chi connectivity index (χ4v) is 5.65. The van der Waals surface area contributed by atoms with Crippen molar-refractivity contribution in [3.05, 3.63) is 95.8 Å². The van der Waals surface area contributed by atoms with E-state index in [0.717, 1.165) is 4.41 Å². The molecule has 10 heteroatoms. The molecule has 1 N–H and O–H groups in total. The van der Waals surface area contributed by atoms with Gasteiger partial charge in [0, 0.05) is 12.1 Å². The van der Waals surface area contributed by atoms with Gasteiger partial charge in [0.2, 0.25) is 10.0 Å². The van der Waals surface area contributed by atoms with Crippen molar-refractivity contribution in [2.45, 2.75) is 24.3 Å². The first-order chi connectivity index (χ1) is 15.7. The Morgan fingerprint density at radius 2 is 1.70 bits per heavy atom. The lowest BCUT2D eigenvalue weighted by atomic mass is 9.99. The number of nitrogens with zero attached hydrogens (tertiary/aromatic N) is 2. The lowest BCUT2D eigenvalue weighted by Gasteiger charge is -2.23. The van der Waals surface area contributed by atoms with Gasteiger partial charge in [0.25, 0.3) is 10.0 Å². The smallest absolute Gasteiger partial charge is 0.279 e. The first-order valence-electron chi connectivity index (χ1n) is 10.2. The molecule has 0 aliphatic carbocycles. The largest absolute Gasteiger partial charge is 0.284 e. The summed E-state index contributed by atoms with van der Waals surface area (Å²) in [4.78, 5) is 0.0702. The Bertz CT molecular complexity index is 1410. The fourth-order valence-electron chi connectivity index (χ4n) is 3.56. The molecule has 1 aliphatic rings. The zero-order valence-corrected chi connectivity index (χ0v) is 19.4. The van der Waals surface area contributed by atoms with Gasteiger partial charge in [-0.2, -0.15) is 17.9 Å². The molecule has 1 atom stereocenters. The predicted octanol–water partition coefficient (Wildman–Crippen LogP) is 4.13. The van der Waals surface area contributed by atoms with Gasteiger partial charge in [-0.25, -0.2) is 12.8 Å². The summed E-state index contributed by atoms with van der Waals surface area (Å²) in [6, 6.07) is 19.5. The number of nitrogens with one attached hydrogen (secondary N) is 1. The van der Waals surface area contributed by atoms with Gasteiger partial charge in [-0.15, -0.1) is 0 Å². The molecule has 3 aromatic rings. The minimum absolute atomic E-state index is 0.0702. The first-order valence-corrected chi connectivity index (χ1v) is 13.3. The molecule has 0 aromatic heterocycles. The molecule has 7 nitrogen and oxygen atoms in total. The lowest BCUT2D eigenvalue weighted by molar-refractivity contribution is 0.370. The van der Waals surface area contributed by atoms with Gasteiger partial charge in [0.05, 0.1) is 22.4 Å². The van der Waals surface area contributed by atoms with Crippen molar-refractivity contribution < 1.29 is 21.2 Å². The van der Waals surface area contributed by atoms with Gasteiger partial charge in [-0.05, 0) is 54.4 Å². The van der Waals surface area contributed by atoms with E-state index in [1.165, 1.54) is 37.3 Å². The van der Waals surface area contributed by atoms with Crippen molar-refractivity contribution in [1.82, 2.24) is 4.41 Å². The van der Waals surface area contributed by atoms with Crippen LogP contribution < -0.4 is 4.72 Å². The van der Waals surface area contributed by atoms with E-state index < -0.39 is 31.9 Å². The minimum atomic E-state index is -4.02. The van der Waals surface area contributed by atoms with Crippen LogP contribution in [0.5, 0.6) is 0 Å². The summed E-state index contributed by atoms with van der Waals surface area (Å²) in [6.45, 7) is 1.53. The summed E-state index contributed by atoms with van der Waals surface area (Å²) in [5, 5.41) is 4.41. The number of hydrogen-bond donors (Lipinski definition) is 1. The van der Waals surface area contributed by atoms with E-state index in [0.29, 0.717) is 22.5 Å². The van der Waals surface area contributed by atoms with Gasteiger partial charge in [-0.1, -0.05) is 42.5 Å². The van der Waals surface area contributed by atoms with E-state index >= 15 is 0 Å². The van der Waals surface area contributed by atoms with E-state index in [4.69, 9.17) is 0 Å². The average molecular weight is 488 g/mol. The summed E-state index contributed by atoms with van der Waals surface area (Å²) >= 11 is 0. The van der Waals surface area contributed by atoms with Gasteiger partial charge in [0.1, 0.15) is 5.82 Å². The third kappa shape index (κ3) is 4.91. The molecule has 1 heterocycles. The number of benzene rings is 3. The SMILES string of the molecule is CCS(=O)(=O)Nc1cccc(C2=NN(S(=O)(=O)c3ccccc3)[C@H](c3cccc(F)c3)C2)c1. The predicted molar refractivity (Wildman–Crippen MR) is 125 cm³/mol. The number of anilines is 1. The van der Waals surface area contributed by atoms with Crippen LogP contribution in [0, 0.1) is 5.82 Å². The van der Waals surface area contributed by atoms with Crippen molar-refractivity contribution in [1.29, 1.82) is 0 Å². The normalized spacial score (nSPS) is 16.5. The Morgan fingerprint density at radius 1 is 0.970 bits per heavy atom. The maximum Gasteiger partial charge on any atom is 0.279 e. The van der Waals surface area contributed by atoms with Gasteiger partial charge in [-0.3, -0.25) is 4.72 Å². The second kappa shape index (κ2) is 8.95. The van der Waals surface area contributed by atoms with E-state index in [1.54, 1.807) is 48.5 Å². The molecule has 3 aromatic carbocycles. The van der Waals surface area contributed by atoms with Crippen molar-refractivity contribution >= 4 is 31.4 Å². The summed E-state index contributed by atoms with van der Waals surface area (Å²) in [5.41, 5.74) is 1.83. The number of hydrazone groups is 1. The van der Waals surface area contributed by atoms with Crippen LogP contribution in [0.25, 0.3) is 0 Å². The zero-order chi connectivity index (χ0) is 23.6. The van der Waals surface area contributed by atoms with E-state index in [9.17, 15) is 21.2 Å². The third-order valence-electron chi connectivity index (χ3n) is 5.24. The van der Waals surface area contributed by atoms with Crippen LogP contribution in [0.1, 0.15) is 30.5 Å². The topological polar surface area (TPSA) is 95.9 Å². The third-order valence-corrected chi connectivity index (χ3v) is 8.25. The summed E-state index contributed by atoms with van der Waals surface area (Å²) in [6.07, 6.45) is 0.194. The fraction of sp³-hybridized carbons (Fsp3) is 0.174. The number of sulfonamides is 2. The summed E-state index contributed by atoms with van der Waals surface area (Å²) in [7, 11) is -7.50. The van der Waals surface area contributed by atoms with Crippen molar-refractivity contribution in [2.24, 2.45) is 5.10 Å². The van der Waals surface area contributed by atoms with Crippen LogP contribution in [0.3, 0.4) is 0 Å². The molecule has 4 rings (SSSR count). The van der Waals surface area contributed by atoms with Crippen LogP contribution in [0.15, 0.2) is 88.9 Å². The second-order valence-corrected chi connectivity index (χ2v) is 11.3. The highest BCUT2D eigenvalue weighted by molar-refractivity contribution is 7.92. The molecule has 0 amide bonds. The molecular formula is C23H22FN3O4S2. The van der Waals surface area contributed by atoms with Crippen molar-refractivity contribution in [3.8, 4) is 0 Å². The van der Waals surface area contributed by atoms with Crippen LogP contribution in [0.4, 0.5) is 10.1 Å². The Kier molecular flexibility index (Phi) is 6.22. The van der Waals surface area contributed by atoms with E-state index in [1.807, 2.05) is 0 Å². The van der Waals surface area contributed by atoms with E-state index in [-0.39, 0.29) is 17.1 Å². The summed E-state index contributed by atoms with van der Waals surface area (Å²) in [5.74, 6) is -0.558. The van der Waals surface area contributed by atoms with E-state index in [2.05, 4.69) is 9.82 Å². The molecule has 0 radical (unpaired) electrons. The van der Waals surface area contributed by atoms with Crippen LogP contribution >= 0.6 is 0 Å². The molecular weight excluding hydrogens is 465 g/mol. The van der Waals surface area contributed by atoms with Crippen LogP contribution in [-0.2, 0) is 20.0 Å². The molecule has 172 valence electrons. The Balaban J connectivity index is 1.77. The molecule has 0 unspecified atom stereocenters. The molecule has 0 spiro atoms. The number of rotatable bonds is 7. The quantitative estimate of drug-likeness (QED) is 0.542. The lowest BCUT2D eigenvalue weighted by Crippen LogP contribution is -2.27. The maximum absolute atomic E-state index is 14.0. The highest BCUT2D eigenvalue weighted by atomic mass is 32.2. The Hall–Kier alpha value is -3.24. The molecule has 33 heavy (non-hydrogen) atoms. The Labute approximate surface area is 192 Å².